The van der Waals surface area contributed by atoms with Crippen LogP contribution in [0.25, 0.3) is 17.0 Å². The lowest BCUT2D eigenvalue weighted by molar-refractivity contribution is -0.137. The zero-order valence-corrected chi connectivity index (χ0v) is 21.2. The Morgan fingerprint density at radius 1 is 1.16 bits per heavy atom. The predicted octanol–water partition coefficient (Wildman–Crippen LogP) is 5.76. The summed E-state index contributed by atoms with van der Waals surface area (Å²) in [5.74, 6) is 0.273. The number of carbonyl (C=O) groups is 1. The molecule has 1 atom stereocenters. The van der Waals surface area contributed by atoms with E-state index in [0.29, 0.717) is 43.2 Å². The van der Waals surface area contributed by atoms with Crippen LogP contribution >= 0.6 is 0 Å². The Bertz CT molecular complexity index is 1290. The van der Waals surface area contributed by atoms with Gasteiger partial charge in [-0.2, -0.15) is 13.2 Å². The number of fused-ring (bicyclic) bond motifs is 1. The fourth-order valence-electron chi connectivity index (χ4n) is 5.21. The molecule has 10 heteroatoms. The van der Waals surface area contributed by atoms with Crippen LogP contribution in [0.15, 0.2) is 42.7 Å². The largest absolute Gasteiger partial charge is 0.444 e. The molecule has 0 saturated carbocycles. The molecule has 3 aromatic heterocycles. The molecule has 3 aromatic rings. The first kappa shape index (κ1) is 25.5. The number of likely N-dealkylation sites (tertiary alicyclic amines) is 1. The van der Waals surface area contributed by atoms with E-state index in [4.69, 9.17) is 14.5 Å². The fraction of sp³-hybridized carbons (Fsp3) is 0.519. The highest BCUT2D eigenvalue weighted by molar-refractivity contribution is 5.68. The van der Waals surface area contributed by atoms with Gasteiger partial charge in [0.25, 0.3) is 0 Å². The van der Waals surface area contributed by atoms with Gasteiger partial charge in [-0.3, -0.25) is 9.38 Å². The Kier molecular flexibility index (Phi) is 6.42. The summed E-state index contributed by atoms with van der Waals surface area (Å²) >= 11 is 0. The third-order valence-corrected chi connectivity index (χ3v) is 7.01. The van der Waals surface area contributed by atoms with E-state index in [9.17, 15) is 18.0 Å². The van der Waals surface area contributed by atoms with Gasteiger partial charge in [0.05, 0.1) is 35.4 Å². The maximum Gasteiger partial charge on any atom is 0.417 e. The molecule has 2 fully saturated rings. The van der Waals surface area contributed by atoms with Crippen LogP contribution in [-0.2, 0) is 22.1 Å². The number of nitrogens with zero attached hydrogens (tertiary/aromatic N) is 4. The van der Waals surface area contributed by atoms with Crippen molar-refractivity contribution in [2.45, 2.75) is 63.8 Å². The molecule has 1 unspecified atom stereocenters. The highest BCUT2D eigenvalue weighted by Crippen LogP contribution is 2.40. The highest BCUT2D eigenvalue weighted by atomic mass is 19.4. The van der Waals surface area contributed by atoms with Crippen molar-refractivity contribution in [3.63, 3.8) is 0 Å². The second-order valence-electron chi connectivity index (χ2n) is 11.0. The van der Waals surface area contributed by atoms with Gasteiger partial charge in [-0.1, -0.05) is 6.07 Å². The number of rotatable bonds is 3. The summed E-state index contributed by atoms with van der Waals surface area (Å²) in [4.78, 5) is 23.1. The molecule has 5 heterocycles. The van der Waals surface area contributed by atoms with E-state index in [2.05, 4.69) is 4.98 Å². The monoisotopic (exact) mass is 516 g/mol. The second kappa shape index (κ2) is 9.31. The zero-order chi connectivity index (χ0) is 26.4. The van der Waals surface area contributed by atoms with Gasteiger partial charge in [0, 0.05) is 25.0 Å². The SMILES string of the molecule is CC(C)(C)OC(=O)N1CCC2(CC1)CC(Cc1cccc(-c3cnc4ccc(C(F)(F)F)cn34)n1)CO2. The van der Waals surface area contributed by atoms with Crippen molar-refractivity contribution >= 4 is 11.7 Å². The summed E-state index contributed by atoms with van der Waals surface area (Å²) in [5, 5.41) is 0. The number of aromatic nitrogens is 3. The van der Waals surface area contributed by atoms with Gasteiger partial charge in [-0.05, 0) is 76.6 Å². The fourth-order valence-corrected chi connectivity index (χ4v) is 5.21. The first-order chi connectivity index (χ1) is 17.4. The Balaban J connectivity index is 1.25. The van der Waals surface area contributed by atoms with Crippen LogP contribution in [0.5, 0.6) is 0 Å². The van der Waals surface area contributed by atoms with Crippen LogP contribution in [0.1, 0.15) is 51.3 Å². The number of alkyl halides is 3. The zero-order valence-electron chi connectivity index (χ0n) is 21.2. The third kappa shape index (κ3) is 5.58. The molecule has 0 aromatic carbocycles. The molecule has 0 radical (unpaired) electrons. The Hall–Kier alpha value is -3.14. The van der Waals surface area contributed by atoms with Crippen LogP contribution in [0, 0.1) is 5.92 Å². The standard InChI is InChI=1S/C27H31F3N4O3/c1-25(2,3)37-24(35)33-11-9-26(10-12-33)14-18(17-36-26)13-20-5-4-6-21(32-20)22-15-31-23-8-7-19(16-34(22)23)27(28,29)30/h4-8,15-16,18H,9-14,17H2,1-3H3. The minimum absolute atomic E-state index is 0.240. The van der Waals surface area contributed by atoms with Crippen molar-refractivity contribution in [2.24, 2.45) is 5.92 Å². The highest BCUT2D eigenvalue weighted by Gasteiger charge is 2.44. The van der Waals surface area contributed by atoms with E-state index in [1.54, 1.807) is 17.2 Å². The molecular weight excluding hydrogens is 485 g/mol. The van der Waals surface area contributed by atoms with Crippen molar-refractivity contribution < 1.29 is 27.4 Å². The molecule has 37 heavy (non-hydrogen) atoms. The summed E-state index contributed by atoms with van der Waals surface area (Å²) in [6, 6.07) is 7.98. The van der Waals surface area contributed by atoms with E-state index in [1.807, 2.05) is 32.9 Å². The number of ether oxygens (including phenoxy) is 2. The van der Waals surface area contributed by atoms with Gasteiger partial charge in [0.2, 0.25) is 0 Å². The van der Waals surface area contributed by atoms with E-state index >= 15 is 0 Å². The summed E-state index contributed by atoms with van der Waals surface area (Å²) in [6.45, 7) is 7.40. The molecule has 2 aliphatic rings. The van der Waals surface area contributed by atoms with Gasteiger partial charge < -0.3 is 14.4 Å². The minimum atomic E-state index is -4.44. The van der Waals surface area contributed by atoms with Crippen LogP contribution in [0.2, 0.25) is 0 Å². The molecule has 7 nitrogen and oxygen atoms in total. The molecule has 0 bridgehead atoms. The Morgan fingerprint density at radius 3 is 2.62 bits per heavy atom. The van der Waals surface area contributed by atoms with E-state index in [-0.39, 0.29) is 17.6 Å². The number of carbonyl (C=O) groups excluding carboxylic acids is 1. The first-order valence-corrected chi connectivity index (χ1v) is 12.5. The van der Waals surface area contributed by atoms with E-state index in [1.165, 1.54) is 10.5 Å². The van der Waals surface area contributed by atoms with Crippen LogP contribution in [0.3, 0.4) is 0 Å². The number of hydrogen-bond acceptors (Lipinski definition) is 5. The normalized spacial score (nSPS) is 20.1. The smallest absolute Gasteiger partial charge is 0.417 e. The van der Waals surface area contributed by atoms with Gasteiger partial charge >= 0.3 is 12.3 Å². The Morgan fingerprint density at radius 2 is 1.92 bits per heavy atom. The number of pyridine rings is 2. The molecular formula is C27H31F3N4O3. The molecule has 1 spiro atoms. The lowest BCUT2D eigenvalue weighted by Crippen LogP contribution is -2.47. The van der Waals surface area contributed by atoms with Gasteiger partial charge in [0.15, 0.2) is 0 Å². The van der Waals surface area contributed by atoms with E-state index < -0.39 is 17.3 Å². The summed E-state index contributed by atoms with van der Waals surface area (Å²) < 4.78 is 52.9. The Labute approximate surface area is 213 Å². The molecule has 0 N–H and O–H groups in total. The second-order valence-corrected chi connectivity index (χ2v) is 11.0. The van der Waals surface area contributed by atoms with E-state index in [0.717, 1.165) is 37.2 Å². The average Bonchev–Trinajstić information content (AvgIpc) is 3.42. The van der Waals surface area contributed by atoms with Crippen LogP contribution < -0.4 is 0 Å². The van der Waals surface area contributed by atoms with Crippen molar-refractivity contribution in [1.29, 1.82) is 0 Å². The van der Waals surface area contributed by atoms with Crippen molar-refractivity contribution in [3.05, 3.63) is 54.0 Å². The number of halogens is 3. The number of hydrogen-bond donors (Lipinski definition) is 0. The van der Waals surface area contributed by atoms with Crippen molar-refractivity contribution in [1.82, 2.24) is 19.3 Å². The average molecular weight is 517 g/mol. The first-order valence-electron chi connectivity index (χ1n) is 12.5. The van der Waals surface area contributed by atoms with Crippen molar-refractivity contribution in [3.8, 4) is 11.4 Å². The quantitative estimate of drug-likeness (QED) is 0.443. The van der Waals surface area contributed by atoms with Gasteiger partial charge in [-0.15, -0.1) is 0 Å². The molecule has 2 saturated heterocycles. The van der Waals surface area contributed by atoms with Crippen LogP contribution in [0.4, 0.5) is 18.0 Å². The lowest BCUT2D eigenvalue weighted by atomic mass is 9.84. The summed E-state index contributed by atoms with van der Waals surface area (Å²) in [7, 11) is 0. The lowest BCUT2D eigenvalue weighted by Gasteiger charge is -2.39. The third-order valence-electron chi connectivity index (χ3n) is 7.01. The number of imidazole rings is 1. The maximum atomic E-state index is 13.2. The maximum absolute atomic E-state index is 13.2. The minimum Gasteiger partial charge on any atom is -0.444 e. The topological polar surface area (TPSA) is 69.0 Å². The van der Waals surface area contributed by atoms with Gasteiger partial charge in [-0.25, -0.2) is 9.78 Å². The molecule has 5 rings (SSSR count). The number of amides is 1. The molecule has 0 aliphatic carbocycles. The summed E-state index contributed by atoms with van der Waals surface area (Å²) in [5.41, 5.74) is 0.875. The molecule has 198 valence electrons. The summed E-state index contributed by atoms with van der Waals surface area (Å²) in [6.07, 6.45) is 0.998. The molecule has 1 amide bonds. The van der Waals surface area contributed by atoms with Crippen molar-refractivity contribution in [2.75, 3.05) is 19.7 Å². The predicted molar refractivity (Wildman–Crippen MR) is 131 cm³/mol. The van der Waals surface area contributed by atoms with Crippen LogP contribution in [-0.4, -0.2) is 56.3 Å². The number of piperidine rings is 1. The van der Waals surface area contributed by atoms with Gasteiger partial charge in [0.1, 0.15) is 11.2 Å². The molecule has 2 aliphatic heterocycles.